The monoisotopic (exact) mass is 566 g/mol. The molecule has 4 rings (SSSR count). The van der Waals surface area contributed by atoms with Crippen molar-refractivity contribution in [1.82, 2.24) is 14.8 Å². The van der Waals surface area contributed by atoms with Crippen molar-refractivity contribution in [2.75, 3.05) is 17.7 Å². The molecule has 40 heavy (non-hydrogen) atoms. The van der Waals surface area contributed by atoms with E-state index in [9.17, 15) is 23.2 Å². The van der Waals surface area contributed by atoms with Crippen LogP contribution in [0, 0.1) is 18.3 Å². The number of nitriles is 1. The van der Waals surface area contributed by atoms with Gasteiger partial charge in [0.05, 0.1) is 17.8 Å². The molecule has 0 unspecified atom stereocenters. The van der Waals surface area contributed by atoms with E-state index in [0.29, 0.717) is 34.2 Å². The van der Waals surface area contributed by atoms with Gasteiger partial charge in [-0.1, -0.05) is 0 Å². The zero-order chi connectivity index (χ0) is 28.9. The number of thiol groups is 1. The van der Waals surface area contributed by atoms with Crippen LogP contribution in [-0.2, 0) is 4.79 Å². The molecule has 2 N–H and O–H groups in total. The minimum atomic E-state index is -4.78. The smallest absolute Gasteiger partial charge is 0.497 e. The summed E-state index contributed by atoms with van der Waals surface area (Å²) in [5, 5.41) is 19.6. The van der Waals surface area contributed by atoms with Crippen molar-refractivity contribution in [3.63, 3.8) is 0 Å². The Kier molecular flexibility index (Phi) is 8.30. The van der Waals surface area contributed by atoms with Gasteiger partial charge in [0.1, 0.15) is 29.5 Å². The molecule has 3 aromatic carbocycles. The lowest BCUT2D eigenvalue weighted by molar-refractivity contribution is -0.274. The Morgan fingerprint density at radius 2 is 1.70 bits per heavy atom. The van der Waals surface area contributed by atoms with Crippen LogP contribution in [0.4, 0.5) is 24.5 Å². The second-order valence-electron chi connectivity index (χ2n) is 8.23. The fourth-order valence-electron chi connectivity index (χ4n) is 3.52. The van der Waals surface area contributed by atoms with E-state index in [1.807, 2.05) is 13.0 Å². The number of nitrogens with one attached hydrogen (secondary N) is 2. The predicted molar refractivity (Wildman–Crippen MR) is 145 cm³/mol. The van der Waals surface area contributed by atoms with Crippen molar-refractivity contribution in [3.05, 3.63) is 89.2 Å². The highest BCUT2D eigenvalue weighted by atomic mass is 32.1. The number of nitrogens with zero attached hydrogens (tertiary/aromatic N) is 4. The maximum absolute atomic E-state index is 12.8. The SMILES string of the molecule is COc1ccc(N/C(S)=C(\C#N)C(=O)Nc2ccc(-c3ncn(-c4ccc(OC(F)(F)F)cc4)n3)cc2)c(C)c1. The van der Waals surface area contributed by atoms with Gasteiger partial charge in [0.15, 0.2) is 5.82 Å². The first-order chi connectivity index (χ1) is 19.1. The fraction of sp³-hybridized carbons (Fsp3) is 0.111. The molecule has 0 fully saturated rings. The van der Waals surface area contributed by atoms with Crippen LogP contribution in [0.25, 0.3) is 17.1 Å². The van der Waals surface area contributed by atoms with Gasteiger partial charge in [-0.25, -0.2) is 9.67 Å². The van der Waals surface area contributed by atoms with Crippen LogP contribution >= 0.6 is 12.6 Å². The first kappa shape index (κ1) is 28.1. The summed E-state index contributed by atoms with van der Waals surface area (Å²) in [6.07, 6.45) is -3.36. The van der Waals surface area contributed by atoms with Crippen LogP contribution in [0.5, 0.6) is 11.5 Å². The van der Waals surface area contributed by atoms with Crippen LogP contribution in [0.1, 0.15) is 5.56 Å². The minimum absolute atomic E-state index is 0.0811. The number of carbonyl (C=O) groups excluding carboxylic acids is 1. The van der Waals surface area contributed by atoms with Crippen LogP contribution in [0.2, 0.25) is 0 Å². The third-order valence-electron chi connectivity index (χ3n) is 5.49. The second kappa shape index (κ2) is 11.8. The number of carbonyl (C=O) groups is 1. The quantitative estimate of drug-likeness (QED) is 0.139. The summed E-state index contributed by atoms with van der Waals surface area (Å²) in [6.45, 7) is 1.85. The third-order valence-corrected chi connectivity index (χ3v) is 5.83. The van der Waals surface area contributed by atoms with Crippen LogP contribution in [-0.4, -0.2) is 34.1 Å². The molecule has 13 heteroatoms. The molecule has 0 aliphatic carbocycles. The number of aryl methyl sites for hydroxylation is 1. The van der Waals surface area contributed by atoms with E-state index in [1.54, 1.807) is 49.6 Å². The summed E-state index contributed by atoms with van der Waals surface area (Å²) in [7, 11) is 1.56. The molecule has 0 bridgehead atoms. The van der Waals surface area contributed by atoms with Gasteiger partial charge in [0, 0.05) is 16.9 Å². The van der Waals surface area contributed by atoms with Crippen molar-refractivity contribution < 1.29 is 27.4 Å². The van der Waals surface area contributed by atoms with Gasteiger partial charge in [-0.05, 0) is 79.2 Å². The first-order valence-electron chi connectivity index (χ1n) is 11.5. The van der Waals surface area contributed by atoms with Crippen molar-refractivity contribution in [2.24, 2.45) is 0 Å². The van der Waals surface area contributed by atoms with E-state index in [0.717, 1.165) is 5.56 Å². The summed E-state index contributed by atoms with van der Waals surface area (Å²) in [6, 6.07) is 18.9. The van der Waals surface area contributed by atoms with E-state index in [1.165, 1.54) is 35.3 Å². The molecule has 0 aliphatic rings. The Hall–Kier alpha value is -4.96. The van der Waals surface area contributed by atoms with Gasteiger partial charge in [0.25, 0.3) is 5.91 Å². The third kappa shape index (κ3) is 6.91. The Bertz CT molecular complexity index is 1590. The number of methoxy groups -OCH3 is 1. The average molecular weight is 567 g/mol. The molecule has 4 aromatic rings. The Morgan fingerprint density at radius 3 is 2.30 bits per heavy atom. The average Bonchev–Trinajstić information content (AvgIpc) is 3.40. The van der Waals surface area contributed by atoms with Crippen molar-refractivity contribution in [1.29, 1.82) is 5.26 Å². The van der Waals surface area contributed by atoms with Gasteiger partial charge >= 0.3 is 6.36 Å². The lowest BCUT2D eigenvalue weighted by Crippen LogP contribution is -2.17. The zero-order valence-corrected chi connectivity index (χ0v) is 21.9. The normalized spacial score (nSPS) is 11.7. The molecule has 1 heterocycles. The van der Waals surface area contributed by atoms with Crippen LogP contribution < -0.4 is 20.1 Å². The minimum Gasteiger partial charge on any atom is -0.497 e. The topological polar surface area (TPSA) is 114 Å². The molecular formula is C27H21F3N6O3S. The molecule has 0 spiro atoms. The molecule has 0 aliphatic heterocycles. The van der Waals surface area contributed by atoms with Crippen molar-refractivity contribution in [2.45, 2.75) is 13.3 Å². The van der Waals surface area contributed by atoms with Crippen LogP contribution in [0.15, 0.2) is 83.7 Å². The highest BCUT2D eigenvalue weighted by Gasteiger charge is 2.31. The second-order valence-corrected chi connectivity index (χ2v) is 8.67. The van der Waals surface area contributed by atoms with Crippen molar-refractivity contribution in [3.8, 4) is 34.6 Å². The maximum Gasteiger partial charge on any atom is 0.573 e. The van der Waals surface area contributed by atoms with Gasteiger partial charge in [-0.2, -0.15) is 5.26 Å². The zero-order valence-electron chi connectivity index (χ0n) is 21.0. The number of aromatic nitrogens is 3. The number of benzene rings is 3. The van der Waals surface area contributed by atoms with Gasteiger partial charge in [-0.15, -0.1) is 30.9 Å². The number of rotatable bonds is 8. The standard InChI is InChI=1S/C27H21F3N6O3S/c1-16-13-21(38-2)11-12-23(16)34-26(40)22(14-31)25(37)33-18-5-3-17(4-6-18)24-32-15-36(35-24)19-7-9-20(10-8-19)39-27(28,29)30/h3-13,15,34,40H,1-2H3,(H,33,37)/b26-22-. The fourth-order valence-corrected chi connectivity index (χ4v) is 3.79. The number of alkyl halides is 3. The highest BCUT2D eigenvalue weighted by molar-refractivity contribution is 7.84. The summed E-state index contributed by atoms with van der Waals surface area (Å²) >= 11 is 4.32. The summed E-state index contributed by atoms with van der Waals surface area (Å²) in [5.74, 6) is 0.0207. The van der Waals surface area contributed by atoms with Gasteiger partial charge in [0.2, 0.25) is 0 Å². The molecule has 0 radical (unpaired) electrons. The Balaban J connectivity index is 1.43. The number of hydrogen-bond donors (Lipinski definition) is 3. The van der Waals surface area contributed by atoms with E-state index in [4.69, 9.17) is 4.74 Å². The summed E-state index contributed by atoms with van der Waals surface area (Å²) in [5.41, 5.74) is 2.80. The van der Waals surface area contributed by atoms with E-state index < -0.39 is 12.3 Å². The number of anilines is 2. The van der Waals surface area contributed by atoms with Crippen LogP contribution in [0.3, 0.4) is 0 Å². The molecule has 1 amide bonds. The molecule has 0 atom stereocenters. The molecule has 0 saturated heterocycles. The molecular weight excluding hydrogens is 545 g/mol. The summed E-state index contributed by atoms with van der Waals surface area (Å²) < 4.78 is 47.5. The maximum atomic E-state index is 12.8. The first-order valence-corrected chi connectivity index (χ1v) is 12.0. The molecule has 0 saturated carbocycles. The Morgan fingerprint density at radius 1 is 1.02 bits per heavy atom. The molecule has 204 valence electrons. The molecule has 1 aromatic heterocycles. The van der Waals surface area contributed by atoms with Crippen molar-refractivity contribution >= 4 is 29.9 Å². The van der Waals surface area contributed by atoms with Gasteiger partial charge < -0.3 is 20.1 Å². The Labute approximate surface area is 232 Å². The van der Waals surface area contributed by atoms with Gasteiger partial charge in [-0.3, -0.25) is 4.79 Å². The predicted octanol–water partition coefficient (Wildman–Crippen LogP) is 5.87. The number of ether oxygens (including phenoxy) is 2. The van der Waals surface area contributed by atoms with E-state index in [2.05, 4.69) is 38.1 Å². The molecule has 9 nitrogen and oxygen atoms in total. The lowest BCUT2D eigenvalue weighted by atomic mass is 10.2. The van der Waals surface area contributed by atoms with E-state index >= 15 is 0 Å². The lowest BCUT2D eigenvalue weighted by Gasteiger charge is -2.12. The summed E-state index contributed by atoms with van der Waals surface area (Å²) in [4.78, 5) is 17.0. The number of amides is 1. The largest absolute Gasteiger partial charge is 0.573 e. The highest BCUT2D eigenvalue weighted by Crippen LogP contribution is 2.26. The van der Waals surface area contributed by atoms with E-state index in [-0.39, 0.29) is 16.4 Å². The number of hydrogen-bond acceptors (Lipinski definition) is 8. The number of halogens is 3.